The molecule has 0 atom stereocenters. The number of aromatic amines is 1. The molecule has 0 fully saturated rings. The van der Waals surface area contributed by atoms with Gasteiger partial charge >= 0.3 is 0 Å². The fourth-order valence-electron chi connectivity index (χ4n) is 1.000. The Bertz CT molecular complexity index is 519. The Balaban J connectivity index is 2.38. The van der Waals surface area contributed by atoms with Crippen LogP contribution in [0.4, 0.5) is 5.69 Å². The van der Waals surface area contributed by atoms with Crippen LogP contribution in [0, 0.1) is 0 Å². The molecule has 2 rings (SSSR count). The van der Waals surface area contributed by atoms with Crippen molar-refractivity contribution in [3.05, 3.63) is 27.7 Å². The third-order valence-electron chi connectivity index (χ3n) is 1.72. The molecule has 0 unspecified atom stereocenters. The number of hydrogen-bond acceptors (Lipinski definition) is 6. The van der Waals surface area contributed by atoms with Crippen LogP contribution < -0.4 is 11.3 Å². The van der Waals surface area contributed by atoms with Crippen molar-refractivity contribution in [2.75, 3.05) is 5.73 Å². The lowest BCUT2D eigenvalue weighted by Gasteiger charge is -2.02. The van der Waals surface area contributed by atoms with E-state index < -0.39 is 5.56 Å². The molecule has 0 bridgehead atoms. The molecule has 0 aliphatic heterocycles. The molecule has 0 aliphatic rings. The fraction of sp³-hybridized carbons (Fsp3) is 0.167. The first-order chi connectivity index (χ1) is 7.18. The van der Waals surface area contributed by atoms with Gasteiger partial charge in [0.25, 0.3) is 5.56 Å². The molecule has 0 aliphatic carbocycles. The average Bonchev–Trinajstić information content (AvgIpc) is 2.72. The van der Waals surface area contributed by atoms with E-state index in [-0.39, 0.29) is 17.4 Å². The Morgan fingerprint density at radius 2 is 2.40 bits per heavy atom. The number of halogens is 1. The highest BCUT2D eigenvalue weighted by molar-refractivity contribution is 6.31. The van der Waals surface area contributed by atoms with Gasteiger partial charge in [0.15, 0.2) is 11.0 Å². The lowest BCUT2D eigenvalue weighted by molar-refractivity contribution is 0.701. The van der Waals surface area contributed by atoms with Crippen LogP contribution in [0.25, 0.3) is 0 Å². The molecule has 0 radical (unpaired) electrons. The highest BCUT2D eigenvalue weighted by atomic mass is 35.5. The maximum Gasteiger partial charge on any atom is 0.278 e. The molecule has 15 heavy (non-hydrogen) atoms. The van der Waals surface area contributed by atoms with E-state index in [1.807, 2.05) is 0 Å². The predicted octanol–water partition coefficient (Wildman–Crippen LogP) is -0.960. The van der Waals surface area contributed by atoms with Gasteiger partial charge in [-0.25, -0.2) is 4.98 Å². The van der Waals surface area contributed by atoms with E-state index in [9.17, 15) is 4.79 Å². The smallest absolute Gasteiger partial charge is 0.278 e. The zero-order valence-corrected chi connectivity index (χ0v) is 8.14. The first-order valence-electron chi connectivity index (χ1n) is 3.91. The Kier molecular flexibility index (Phi) is 2.34. The number of tetrazole rings is 1. The molecule has 0 spiro atoms. The van der Waals surface area contributed by atoms with E-state index >= 15 is 0 Å². The van der Waals surface area contributed by atoms with Gasteiger partial charge in [-0.3, -0.25) is 9.36 Å². The lowest BCUT2D eigenvalue weighted by Crippen LogP contribution is -2.24. The van der Waals surface area contributed by atoms with Gasteiger partial charge in [0.05, 0.1) is 12.9 Å². The summed E-state index contributed by atoms with van der Waals surface area (Å²) in [6.07, 6.45) is 1.28. The molecule has 78 valence electrons. The number of anilines is 1. The first kappa shape index (κ1) is 9.59. The summed E-state index contributed by atoms with van der Waals surface area (Å²) in [6.45, 7) is 0.143. The van der Waals surface area contributed by atoms with Crippen molar-refractivity contribution in [1.82, 2.24) is 30.2 Å². The van der Waals surface area contributed by atoms with Crippen molar-refractivity contribution in [3.8, 4) is 0 Å². The zero-order valence-electron chi connectivity index (χ0n) is 7.38. The largest absolute Gasteiger partial charge is 0.392 e. The van der Waals surface area contributed by atoms with Crippen molar-refractivity contribution in [3.63, 3.8) is 0 Å². The van der Waals surface area contributed by atoms with Crippen LogP contribution in [0.15, 0.2) is 11.1 Å². The van der Waals surface area contributed by atoms with Crippen LogP contribution in [0.3, 0.4) is 0 Å². The fourth-order valence-corrected chi connectivity index (χ4v) is 1.12. The summed E-state index contributed by atoms with van der Waals surface area (Å²) in [7, 11) is 0. The molecule has 3 N–H and O–H groups in total. The molecule has 0 aromatic carbocycles. The molecule has 8 nitrogen and oxygen atoms in total. The van der Waals surface area contributed by atoms with Gasteiger partial charge in [-0.05, 0) is 0 Å². The van der Waals surface area contributed by atoms with Crippen LogP contribution in [-0.4, -0.2) is 30.2 Å². The molecule has 0 saturated carbocycles. The van der Waals surface area contributed by atoms with Gasteiger partial charge in [0.2, 0.25) is 0 Å². The van der Waals surface area contributed by atoms with Gasteiger partial charge in [0.1, 0.15) is 5.69 Å². The summed E-state index contributed by atoms with van der Waals surface area (Å²) in [5.74, 6) is 0.362. The molecule has 2 heterocycles. The average molecular weight is 228 g/mol. The quantitative estimate of drug-likeness (QED) is 0.639. The minimum Gasteiger partial charge on any atom is -0.392 e. The third-order valence-corrected chi connectivity index (χ3v) is 2.03. The van der Waals surface area contributed by atoms with E-state index in [2.05, 4.69) is 25.6 Å². The lowest BCUT2D eigenvalue weighted by atomic mass is 10.5. The highest BCUT2D eigenvalue weighted by Crippen LogP contribution is 2.08. The van der Waals surface area contributed by atoms with Crippen molar-refractivity contribution >= 4 is 17.3 Å². The SMILES string of the molecule is Nc1c(Cl)ncn(Cc2nn[nH]n2)c1=O. The van der Waals surface area contributed by atoms with E-state index in [1.54, 1.807) is 0 Å². The van der Waals surface area contributed by atoms with Gasteiger partial charge in [-0.1, -0.05) is 16.8 Å². The van der Waals surface area contributed by atoms with Crippen molar-refractivity contribution in [2.45, 2.75) is 6.54 Å². The first-order valence-corrected chi connectivity index (χ1v) is 4.29. The summed E-state index contributed by atoms with van der Waals surface area (Å²) in [5, 5.41) is 13.0. The van der Waals surface area contributed by atoms with Crippen molar-refractivity contribution in [1.29, 1.82) is 0 Å². The molecule has 9 heteroatoms. The Morgan fingerprint density at radius 1 is 1.60 bits per heavy atom. The van der Waals surface area contributed by atoms with Gasteiger partial charge in [0, 0.05) is 0 Å². The minimum atomic E-state index is -0.431. The Labute approximate surface area is 88.1 Å². The molecule has 2 aromatic rings. The number of hydrogen-bond donors (Lipinski definition) is 2. The van der Waals surface area contributed by atoms with E-state index in [1.165, 1.54) is 10.9 Å². The third kappa shape index (κ3) is 1.79. The standard InChI is InChI=1S/C6H6ClN7O/c7-5-4(8)6(15)14(2-9-5)1-3-10-12-13-11-3/h2H,1,8H2,(H,10,11,12,13). The number of nitrogens with zero attached hydrogens (tertiary/aromatic N) is 5. The maximum atomic E-state index is 11.5. The van der Waals surface area contributed by atoms with Gasteiger partial charge < -0.3 is 5.73 Å². The van der Waals surface area contributed by atoms with E-state index in [4.69, 9.17) is 17.3 Å². The second kappa shape index (κ2) is 3.65. The van der Waals surface area contributed by atoms with Crippen LogP contribution in [0.1, 0.15) is 5.82 Å². The van der Waals surface area contributed by atoms with Crippen LogP contribution in [0.2, 0.25) is 5.15 Å². The predicted molar refractivity (Wildman–Crippen MR) is 51.2 cm³/mol. The van der Waals surface area contributed by atoms with Crippen molar-refractivity contribution < 1.29 is 0 Å². The number of nitrogens with two attached hydrogens (primary N) is 1. The summed E-state index contributed by atoms with van der Waals surface area (Å²) < 4.78 is 1.24. The number of H-pyrrole nitrogens is 1. The monoisotopic (exact) mass is 227 g/mol. The number of nitrogen functional groups attached to an aromatic ring is 1. The van der Waals surface area contributed by atoms with Gasteiger partial charge in [-0.2, -0.15) is 5.21 Å². The minimum absolute atomic E-state index is 0.00985. The highest BCUT2D eigenvalue weighted by Gasteiger charge is 2.08. The van der Waals surface area contributed by atoms with Crippen LogP contribution in [0.5, 0.6) is 0 Å². The normalized spacial score (nSPS) is 10.5. The van der Waals surface area contributed by atoms with Crippen molar-refractivity contribution in [2.24, 2.45) is 0 Å². The molecule has 0 amide bonds. The molecular weight excluding hydrogens is 222 g/mol. The van der Waals surface area contributed by atoms with E-state index in [0.29, 0.717) is 5.82 Å². The van der Waals surface area contributed by atoms with Gasteiger partial charge in [-0.15, -0.1) is 10.2 Å². The molecule has 0 saturated heterocycles. The summed E-state index contributed by atoms with van der Waals surface area (Å²) in [5.41, 5.74) is 4.89. The second-order valence-electron chi connectivity index (χ2n) is 2.71. The number of aromatic nitrogens is 6. The Hall–Kier alpha value is -1.96. The van der Waals surface area contributed by atoms with Crippen LogP contribution in [-0.2, 0) is 6.54 Å². The molecule has 2 aromatic heterocycles. The number of nitrogens with one attached hydrogen (secondary N) is 1. The topological polar surface area (TPSA) is 115 Å². The summed E-state index contributed by atoms with van der Waals surface area (Å²) in [6, 6.07) is 0. The number of rotatable bonds is 2. The molecular formula is C6H6ClN7O. The zero-order chi connectivity index (χ0) is 10.8. The van der Waals surface area contributed by atoms with E-state index in [0.717, 1.165) is 0 Å². The summed E-state index contributed by atoms with van der Waals surface area (Å²) >= 11 is 5.57. The van der Waals surface area contributed by atoms with Crippen LogP contribution >= 0.6 is 11.6 Å². The maximum absolute atomic E-state index is 11.5. The second-order valence-corrected chi connectivity index (χ2v) is 3.07. The summed E-state index contributed by atoms with van der Waals surface area (Å²) in [4.78, 5) is 15.3. The Morgan fingerprint density at radius 3 is 3.07 bits per heavy atom.